The van der Waals surface area contributed by atoms with E-state index in [9.17, 15) is 8.42 Å². The van der Waals surface area contributed by atoms with Crippen LogP contribution in [0.15, 0.2) is 0 Å². The largest absolute Gasteiger partial charge is 0.293 e. The molecule has 15 heavy (non-hydrogen) atoms. The van der Waals surface area contributed by atoms with Gasteiger partial charge in [-0.1, -0.05) is 31.1 Å². The van der Waals surface area contributed by atoms with Crippen LogP contribution in [-0.2, 0) is 10.1 Å². The standard InChI is InChI=1S/C10H13NO3S/c11-8-10(15(12,13)14)7-6-9-4-2-1-3-5-9/h9-10H,1-5H2,(H,12,13,14). The lowest BCUT2D eigenvalue weighted by molar-refractivity contribution is 0.430. The van der Waals surface area contributed by atoms with Crippen LogP contribution in [0.5, 0.6) is 0 Å². The molecule has 4 nitrogen and oxygen atoms in total. The van der Waals surface area contributed by atoms with E-state index in [1.165, 1.54) is 12.5 Å². The summed E-state index contributed by atoms with van der Waals surface area (Å²) in [7, 11) is -4.35. The van der Waals surface area contributed by atoms with Crippen molar-refractivity contribution < 1.29 is 13.0 Å². The van der Waals surface area contributed by atoms with Crippen LogP contribution in [0.1, 0.15) is 32.1 Å². The fourth-order valence-electron chi connectivity index (χ4n) is 1.61. The summed E-state index contributed by atoms with van der Waals surface area (Å²) in [6, 6.07) is 1.47. The van der Waals surface area contributed by atoms with Crippen molar-refractivity contribution in [2.45, 2.75) is 37.4 Å². The van der Waals surface area contributed by atoms with Crippen molar-refractivity contribution in [1.29, 1.82) is 5.26 Å². The molecule has 0 bridgehead atoms. The summed E-state index contributed by atoms with van der Waals surface area (Å²) in [6.07, 6.45) is 5.30. The minimum Gasteiger partial charge on any atom is -0.284 e. The number of hydrogen-bond donors (Lipinski definition) is 1. The van der Waals surface area contributed by atoms with Gasteiger partial charge in [-0.25, -0.2) is 0 Å². The lowest BCUT2D eigenvalue weighted by atomic mass is 9.90. The lowest BCUT2D eigenvalue weighted by Crippen LogP contribution is -2.16. The molecule has 82 valence electrons. The maximum Gasteiger partial charge on any atom is 0.293 e. The highest BCUT2D eigenvalue weighted by Gasteiger charge is 2.20. The molecule has 0 saturated heterocycles. The van der Waals surface area contributed by atoms with Crippen LogP contribution in [0.2, 0.25) is 0 Å². The molecule has 1 aliphatic rings. The monoisotopic (exact) mass is 227 g/mol. The summed E-state index contributed by atoms with van der Waals surface area (Å²) in [5.74, 6) is 5.27. The zero-order valence-electron chi connectivity index (χ0n) is 8.31. The molecule has 0 spiro atoms. The highest BCUT2D eigenvalue weighted by molar-refractivity contribution is 7.87. The van der Waals surface area contributed by atoms with Crippen LogP contribution in [0.25, 0.3) is 0 Å². The molecule has 0 heterocycles. The molecule has 1 saturated carbocycles. The molecule has 1 aliphatic carbocycles. The van der Waals surface area contributed by atoms with Gasteiger partial charge in [-0.2, -0.15) is 13.7 Å². The normalized spacial score (nSPS) is 19.7. The van der Waals surface area contributed by atoms with E-state index < -0.39 is 15.4 Å². The number of nitriles is 1. The van der Waals surface area contributed by atoms with E-state index in [0.29, 0.717) is 0 Å². The molecule has 0 amide bonds. The van der Waals surface area contributed by atoms with E-state index >= 15 is 0 Å². The fourth-order valence-corrected chi connectivity index (χ4v) is 1.96. The van der Waals surface area contributed by atoms with Gasteiger partial charge in [0, 0.05) is 5.92 Å². The van der Waals surface area contributed by atoms with Crippen molar-refractivity contribution in [2.24, 2.45) is 5.92 Å². The summed E-state index contributed by atoms with van der Waals surface area (Å²) in [4.78, 5) is 0. The van der Waals surface area contributed by atoms with Crippen molar-refractivity contribution in [3.63, 3.8) is 0 Å². The van der Waals surface area contributed by atoms with Gasteiger partial charge in [0.15, 0.2) is 0 Å². The van der Waals surface area contributed by atoms with E-state index in [1.54, 1.807) is 0 Å². The molecule has 0 radical (unpaired) electrons. The third-order valence-electron chi connectivity index (χ3n) is 2.44. The third-order valence-corrected chi connectivity index (χ3v) is 3.26. The van der Waals surface area contributed by atoms with Crippen molar-refractivity contribution >= 4 is 10.1 Å². The van der Waals surface area contributed by atoms with E-state index in [-0.39, 0.29) is 5.92 Å². The van der Waals surface area contributed by atoms with Crippen LogP contribution < -0.4 is 0 Å². The number of rotatable bonds is 1. The molecule has 5 heteroatoms. The van der Waals surface area contributed by atoms with E-state index in [2.05, 4.69) is 11.8 Å². The smallest absolute Gasteiger partial charge is 0.284 e. The van der Waals surface area contributed by atoms with E-state index in [1.807, 2.05) is 0 Å². The molecule has 1 unspecified atom stereocenters. The Morgan fingerprint density at radius 2 is 1.87 bits per heavy atom. The zero-order chi connectivity index (χ0) is 11.3. The first-order chi connectivity index (χ1) is 7.04. The molecule has 1 rings (SSSR count). The van der Waals surface area contributed by atoms with Gasteiger partial charge >= 0.3 is 0 Å². The minimum absolute atomic E-state index is 0.177. The Morgan fingerprint density at radius 1 is 1.27 bits per heavy atom. The topological polar surface area (TPSA) is 78.2 Å². The van der Waals surface area contributed by atoms with Crippen LogP contribution in [-0.4, -0.2) is 18.2 Å². The fraction of sp³-hybridized carbons (Fsp3) is 0.700. The molecule has 0 aromatic rings. The Balaban J connectivity index is 2.67. The highest BCUT2D eigenvalue weighted by atomic mass is 32.2. The average Bonchev–Trinajstić information content (AvgIpc) is 2.18. The van der Waals surface area contributed by atoms with Crippen LogP contribution in [0, 0.1) is 29.1 Å². The predicted octanol–water partition coefficient (Wildman–Crippen LogP) is 1.35. The summed E-state index contributed by atoms with van der Waals surface area (Å²) in [5.41, 5.74) is 0. The number of hydrogen-bond acceptors (Lipinski definition) is 3. The van der Waals surface area contributed by atoms with Crippen LogP contribution in [0.4, 0.5) is 0 Å². The molecule has 1 fully saturated rings. The lowest BCUT2D eigenvalue weighted by Gasteiger charge is -2.15. The van der Waals surface area contributed by atoms with Gasteiger partial charge in [-0.05, 0) is 12.8 Å². The van der Waals surface area contributed by atoms with E-state index in [4.69, 9.17) is 9.81 Å². The van der Waals surface area contributed by atoms with Gasteiger partial charge in [0.2, 0.25) is 5.25 Å². The molecule has 1 atom stereocenters. The van der Waals surface area contributed by atoms with Crippen molar-refractivity contribution in [3.05, 3.63) is 0 Å². The maximum absolute atomic E-state index is 10.7. The van der Waals surface area contributed by atoms with Crippen LogP contribution in [0.3, 0.4) is 0 Å². The summed E-state index contributed by atoms with van der Waals surface area (Å²) in [5, 5.41) is 6.90. The molecule has 0 aromatic carbocycles. The number of nitrogens with zero attached hydrogens (tertiary/aromatic N) is 1. The van der Waals surface area contributed by atoms with E-state index in [0.717, 1.165) is 25.7 Å². The Labute approximate surface area is 90.0 Å². The second kappa shape index (κ2) is 5.16. The van der Waals surface area contributed by atoms with Crippen LogP contribution >= 0.6 is 0 Å². The Morgan fingerprint density at radius 3 is 2.33 bits per heavy atom. The third kappa shape index (κ3) is 3.91. The summed E-state index contributed by atoms with van der Waals surface area (Å²) in [6.45, 7) is 0. The first kappa shape index (κ1) is 12.0. The quantitative estimate of drug-likeness (QED) is 0.541. The summed E-state index contributed by atoms with van der Waals surface area (Å²) < 4.78 is 30.0. The SMILES string of the molecule is N#CC(C#CC1CCCCC1)S(=O)(=O)O. The van der Waals surface area contributed by atoms with Gasteiger partial charge in [-0.3, -0.25) is 4.55 Å². The Bertz CT molecular complexity index is 404. The minimum atomic E-state index is -4.35. The van der Waals surface area contributed by atoms with Crippen molar-refractivity contribution in [1.82, 2.24) is 0 Å². The van der Waals surface area contributed by atoms with Crippen molar-refractivity contribution in [3.8, 4) is 17.9 Å². The first-order valence-electron chi connectivity index (χ1n) is 4.91. The Kier molecular flexibility index (Phi) is 4.14. The highest BCUT2D eigenvalue weighted by Crippen LogP contribution is 2.22. The Hall–Kier alpha value is -1.04. The average molecular weight is 227 g/mol. The van der Waals surface area contributed by atoms with Gasteiger partial charge in [0.05, 0.1) is 6.07 Å². The summed E-state index contributed by atoms with van der Waals surface area (Å²) >= 11 is 0. The van der Waals surface area contributed by atoms with Gasteiger partial charge < -0.3 is 0 Å². The van der Waals surface area contributed by atoms with Gasteiger partial charge in [-0.15, -0.1) is 0 Å². The molecule has 1 N–H and O–H groups in total. The predicted molar refractivity (Wildman–Crippen MR) is 55.3 cm³/mol. The molecular formula is C10H13NO3S. The molecule has 0 aromatic heterocycles. The zero-order valence-corrected chi connectivity index (χ0v) is 9.13. The molecule has 0 aliphatic heterocycles. The van der Waals surface area contributed by atoms with Gasteiger partial charge in [0.25, 0.3) is 10.1 Å². The first-order valence-corrected chi connectivity index (χ1v) is 6.41. The molecular weight excluding hydrogens is 214 g/mol. The maximum atomic E-state index is 10.7. The second-order valence-corrected chi connectivity index (χ2v) is 5.15. The van der Waals surface area contributed by atoms with Crippen molar-refractivity contribution in [2.75, 3.05) is 0 Å². The van der Waals surface area contributed by atoms with Gasteiger partial charge in [0.1, 0.15) is 0 Å². The second-order valence-electron chi connectivity index (χ2n) is 3.65.